The maximum atomic E-state index is 5.64. The van der Waals surface area contributed by atoms with E-state index in [2.05, 4.69) is 36.1 Å². The lowest BCUT2D eigenvalue weighted by Gasteiger charge is -2.17. The Bertz CT molecular complexity index is 443. The van der Waals surface area contributed by atoms with E-state index in [0.717, 1.165) is 23.7 Å². The van der Waals surface area contributed by atoms with E-state index in [1.165, 1.54) is 0 Å². The predicted molar refractivity (Wildman–Crippen MR) is 85.2 cm³/mol. The first-order valence-corrected chi connectivity index (χ1v) is 7.00. The second-order valence-corrected chi connectivity index (χ2v) is 4.59. The first-order chi connectivity index (χ1) is 9.71. The largest absolute Gasteiger partial charge is 0.489 e. The number of hydrogen-bond acceptors (Lipinski definition) is 2. The topological polar surface area (TPSA) is 45.6 Å². The molecule has 1 aromatic carbocycles. The van der Waals surface area contributed by atoms with Gasteiger partial charge < -0.3 is 15.4 Å². The van der Waals surface area contributed by atoms with Crippen LogP contribution >= 0.6 is 0 Å². The maximum Gasteiger partial charge on any atom is 0.191 e. The molecule has 0 radical (unpaired) electrons. The van der Waals surface area contributed by atoms with E-state index >= 15 is 0 Å². The lowest BCUT2D eigenvalue weighted by Crippen LogP contribution is -2.41. The predicted octanol–water partition coefficient (Wildman–Crippen LogP) is 2.71. The zero-order valence-electron chi connectivity index (χ0n) is 12.6. The lowest BCUT2D eigenvalue weighted by atomic mass is 10.2. The Morgan fingerprint density at radius 2 is 2.20 bits per heavy atom. The Kier molecular flexibility index (Phi) is 7.25. The summed E-state index contributed by atoms with van der Waals surface area (Å²) in [6.45, 7) is 9.12. The molecule has 0 aromatic heterocycles. The summed E-state index contributed by atoms with van der Waals surface area (Å²) in [5.41, 5.74) is 1.10. The number of benzene rings is 1. The summed E-state index contributed by atoms with van der Waals surface area (Å²) in [7, 11) is 1.78. The fraction of sp³-hybridized carbons (Fsp3) is 0.438. The summed E-state index contributed by atoms with van der Waals surface area (Å²) in [4.78, 5) is 4.22. The van der Waals surface area contributed by atoms with Crippen molar-refractivity contribution < 1.29 is 4.74 Å². The van der Waals surface area contributed by atoms with Gasteiger partial charge in [0.25, 0.3) is 0 Å². The molecule has 0 bridgehead atoms. The van der Waals surface area contributed by atoms with Gasteiger partial charge in [0.15, 0.2) is 5.96 Å². The van der Waals surface area contributed by atoms with Crippen molar-refractivity contribution in [2.24, 2.45) is 4.99 Å². The highest BCUT2D eigenvalue weighted by Gasteiger charge is 2.05. The molecule has 4 nitrogen and oxygen atoms in total. The van der Waals surface area contributed by atoms with E-state index in [1.807, 2.05) is 24.3 Å². The minimum absolute atomic E-state index is 0.397. The first-order valence-electron chi connectivity index (χ1n) is 7.00. The van der Waals surface area contributed by atoms with Crippen molar-refractivity contribution in [2.45, 2.75) is 32.9 Å². The van der Waals surface area contributed by atoms with Gasteiger partial charge in [0, 0.05) is 25.2 Å². The third kappa shape index (κ3) is 5.34. The van der Waals surface area contributed by atoms with Crippen molar-refractivity contribution in [1.29, 1.82) is 0 Å². The number of nitrogens with zero attached hydrogens (tertiary/aromatic N) is 1. The van der Waals surface area contributed by atoms with Crippen LogP contribution in [0.5, 0.6) is 5.75 Å². The first kappa shape index (κ1) is 16.1. The number of rotatable bonds is 7. The van der Waals surface area contributed by atoms with Crippen molar-refractivity contribution in [3.05, 3.63) is 42.5 Å². The molecule has 20 heavy (non-hydrogen) atoms. The van der Waals surface area contributed by atoms with Crippen LogP contribution in [0.15, 0.2) is 41.9 Å². The van der Waals surface area contributed by atoms with Crippen LogP contribution in [0, 0.1) is 0 Å². The van der Waals surface area contributed by atoms with E-state index in [0.29, 0.717) is 19.2 Å². The minimum atomic E-state index is 0.397. The number of guanidine groups is 1. The van der Waals surface area contributed by atoms with Crippen LogP contribution in [-0.2, 0) is 6.54 Å². The van der Waals surface area contributed by atoms with Crippen LogP contribution < -0.4 is 15.4 Å². The smallest absolute Gasteiger partial charge is 0.191 e. The summed E-state index contributed by atoms with van der Waals surface area (Å²) in [6, 6.07) is 8.37. The molecule has 1 aromatic rings. The molecule has 0 aliphatic carbocycles. The molecule has 110 valence electrons. The molecule has 2 N–H and O–H groups in total. The van der Waals surface area contributed by atoms with Gasteiger partial charge in [-0.2, -0.15) is 0 Å². The highest BCUT2D eigenvalue weighted by atomic mass is 16.5. The molecule has 1 rings (SSSR count). The third-order valence-corrected chi connectivity index (χ3v) is 2.99. The van der Waals surface area contributed by atoms with Gasteiger partial charge in [-0.1, -0.05) is 37.8 Å². The van der Waals surface area contributed by atoms with Crippen molar-refractivity contribution in [1.82, 2.24) is 10.6 Å². The number of para-hydroxylation sites is 1. The zero-order valence-corrected chi connectivity index (χ0v) is 12.6. The molecular formula is C16H25N3O. The van der Waals surface area contributed by atoms with Gasteiger partial charge in [-0.05, 0) is 19.4 Å². The highest BCUT2D eigenvalue weighted by molar-refractivity contribution is 5.79. The van der Waals surface area contributed by atoms with Crippen LogP contribution in [-0.4, -0.2) is 25.7 Å². The fourth-order valence-electron chi connectivity index (χ4n) is 1.65. The molecule has 0 heterocycles. The molecule has 0 aliphatic rings. The SMILES string of the molecule is C=CCOc1ccccc1CNC(=NC)NC(C)CC. The van der Waals surface area contributed by atoms with Crippen LogP contribution in [0.1, 0.15) is 25.8 Å². The summed E-state index contributed by atoms with van der Waals surface area (Å²) in [5, 5.41) is 6.63. The number of aliphatic imine (C=N–C) groups is 1. The Labute approximate surface area is 121 Å². The quantitative estimate of drug-likeness (QED) is 0.457. The highest BCUT2D eigenvalue weighted by Crippen LogP contribution is 2.17. The van der Waals surface area contributed by atoms with E-state index in [1.54, 1.807) is 13.1 Å². The van der Waals surface area contributed by atoms with Crippen LogP contribution in [0.25, 0.3) is 0 Å². The molecule has 0 spiro atoms. The number of nitrogens with one attached hydrogen (secondary N) is 2. The minimum Gasteiger partial charge on any atom is -0.489 e. The Morgan fingerprint density at radius 3 is 2.85 bits per heavy atom. The number of hydrogen-bond donors (Lipinski definition) is 2. The van der Waals surface area contributed by atoms with Gasteiger partial charge in [-0.25, -0.2) is 0 Å². The van der Waals surface area contributed by atoms with E-state index < -0.39 is 0 Å². The number of ether oxygens (including phenoxy) is 1. The van der Waals surface area contributed by atoms with Crippen molar-refractivity contribution in [3.63, 3.8) is 0 Å². The molecule has 4 heteroatoms. The van der Waals surface area contributed by atoms with Gasteiger partial charge in [0.1, 0.15) is 12.4 Å². The molecule has 0 aliphatic heterocycles. The monoisotopic (exact) mass is 275 g/mol. The second kappa shape index (κ2) is 9.02. The van der Waals surface area contributed by atoms with Gasteiger partial charge in [-0.3, -0.25) is 4.99 Å². The van der Waals surface area contributed by atoms with Crippen molar-refractivity contribution in [2.75, 3.05) is 13.7 Å². The molecule has 0 saturated heterocycles. The Morgan fingerprint density at radius 1 is 1.45 bits per heavy atom. The van der Waals surface area contributed by atoms with Gasteiger partial charge in [0.2, 0.25) is 0 Å². The summed E-state index contributed by atoms with van der Waals surface area (Å²) in [6.07, 6.45) is 2.80. The van der Waals surface area contributed by atoms with Gasteiger partial charge >= 0.3 is 0 Å². The lowest BCUT2D eigenvalue weighted by molar-refractivity contribution is 0.358. The van der Waals surface area contributed by atoms with E-state index in [9.17, 15) is 0 Å². The molecular weight excluding hydrogens is 250 g/mol. The second-order valence-electron chi connectivity index (χ2n) is 4.59. The molecule has 0 amide bonds. The van der Waals surface area contributed by atoms with Gasteiger partial charge in [-0.15, -0.1) is 0 Å². The van der Waals surface area contributed by atoms with Crippen molar-refractivity contribution >= 4 is 5.96 Å². The van der Waals surface area contributed by atoms with Crippen molar-refractivity contribution in [3.8, 4) is 5.75 Å². The van der Waals surface area contributed by atoms with Crippen LogP contribution in [0.4, 0.5) is 0 Å². The third-order valence-electron chi connectivity index (χ3n) is 2.99. The molecule has 1 unspecified atom stereocenters. The molecule has 1 atom stereocenters. The van der Waals surface area contributed by atoms with Crippen LogP contribution in [0.2, 0.25) is 0 Å². The summed E-state index contributed by atoms with van der Waals surface area (Å²) < 4.78 is 5.64. The van der Waals surface area contributed by atoms with Crippen LogP contribution in [0.3, 0.4) is 0 Å². The zero-order chi connectivity index (χ0) is 14.8. The van der Waals surface area contributed by atoms with E-state index in [-0.39, 0.29) is 0 Å². The Balaban J connectivity index is 2.61. The standard InChI is InChI=1S/C16H25N3O/c1-5-11-20-15-10-8-7-9-14(15)12-18-16(17-4)19-13(3)6-2/h5,7-10,13H,1,6,11-12H2,2-4H3,(H2,17,18,19). The average Bonchev–Trinajstić information content (AvgIpc) is 2.49. The molecule has 0 saturated carbocycles. The normalized spacial score (nSPS) is 12.7. The molecule has 0 fully saturated rings. The maximum absolute atomic E-state index is 5.64. The fourth-order valence-corrected chi connectivity index (χ4v) is 1.65. The van der Waals surface area contributed by atoms with Gasteiger partial charge in [0.05, 0.1) is 0 Å². The average molecular weight is 275 g/mol. The van der Waals surface area contributed by atoms with E-state index in [4.69, 9.17) is 4.74 Å². The summed E-state index contributed by atoms with van der Waals surface area (Å²) >= 11 is 0. The Hall–Kier alpha value is -1.97. The summed E-state index contributed by atoms with van der Waals surface area (Å²) in [5.74, 6) is 1.68.